The van der Waals surface area contributed by atoms with Gasteiger partial charge in [-0.05, 0) is 37.5 Å². The number of aromatic amines is 1. The number of rotatable bonds is 5. The Morgan fingerprint density at radius 1 is 1.42 bits per heavy atom. The summed E-state index contributed by atoms with van der Waals surface area (Å²) in [5, 5.41) is 19.0. The van der Waals surface area contributed by atoms with Gasteiger partial charge in [-0.1, -0.05) is 13.3 Å². The van der Waals surface area contributed by atoms with E-state index in [0.717, 1.165) is 43.3 Å². The van der Waals surface area contributed by atoms with Crippen LogP contribution in [0.2, 0.25) is 0 Å². The van der Waals surface area contributed by atoms with E-state index in [1.54, 1.807) is 18.2 Å². The van der Waals surface area contributed by atoms with Crippen molar-refractivity contribution in [1.82, 2.24) is 14.9 Å². The van der Waals surface area contributed by atoms with Gasteiger partial charge >= 0.3 is 0 Å². The highest BCUT2D eigenvalue weighted by atomic mass is 16.3. The number of likely N-dealkylation sites (tertiary alicyclic amines) is 1. The van der Waals surface area contributed by atoms with E-state index in [1.165, 1.54) is 0 Å². The lowest BCUT2D eigenvalue weighted by atomic mass is 9.77. The predicted molar refractivity (Wildman–Crippen MR) is 91.6 cm³/mol. The first-order chi connectivity index (χ1) is 11.6. The maximum Gasteiger partial charge on any atom is 0.253 e. The molecule has 3 N–H and O–H groups in total. The van der Waals surface area contributed by atoms with E-state index in [2.05, 4.69) is 16.9 Å². The first-order valence-electron chi connectivity index (χ1n) is 8.60. The van der Waals surface area contributed by atoms with Crippen LogP contribution in [-0.4, -0.2) is 50.7 Å². The number of benzene rings is 1. The minimum atomic E-state index is -0.162. The van der Waals surface area contributed by atoms with Gasteiger partial charge in [0.1, 0.15) is 12.4 Å². The summed E-state index contributed by atoms with van der Waals surface area (Å²) < 4.78 is 0. The second-order valence-corrected chi connectivity index (χ2v) is 6.81. The van der Waals surface area contributed by atoms with Crippen molar-refractivity contribution in [2.45, 2.75) is 39.2 Å². The molecule has 0 spiro atoms. The van der Waals surface area contributed by atoms with Crippen LogP contribution in [0.5, 0.6) is 0 Å². The van der Waals surface area contributed by atoms with Crippen LogP contribution in [-0.2, 0) is 6.61 Å². The summed E-state index contributed by atoms with van der Waals surface area (Å²) in [6.45, 7) is 3.43. The van der Waals surface area contributed by atoms with Gasteiger partial charge in [0, 0.05) is 24.1 Å². The molecule has 1 aromatic carbocycles. The summed E-state index contributed by atoms with van der Waals surface area (Å²) in [7, 11) is 0. The third-order valence-electron chi connectivity index (χ3n) is 4.99. The summed E-state index contributed by atoms with van der Waals surface area (Å²) in [6, 6.07) is 5.37. The van der Waals surface area contributed by atoms with Crippen LogP contribution in [0, 0.1) is 5.41 Å². The van der Waals surface area contributed by atoms with Crippen molar-refractivity contribution in [1.29, 1.82) is 0 Å². The van der Waals surface area contributed by atoms with Crippen LogP contribution in [0.4, 0.5) is 0 Å². The molecule has 1 atom stereocenters. The second kappa shape index (κ2) is 6.91. The molecule has 1 fully saturated rings. The van der Waals surface area contributed by atoms with Gasteiger partial charge in [-0.15, -0.1) is 0 Å². The van der Waals surface area contributed by atoms with Gasteiger partial charge in [0.05, 0.1) is 17.6 Å². The molecule has 0 unspecified atom stereocenters. The number of carbonyl (C=O) groups excluding carboxylic acids is 1. The van der Waals surface area contributed by atoms with Crippen molar-refractivity contribution < 1.29 is 15.0 Å². The number of aromatic nitrogens is 2. The molecule has 0 aliphatic carbocycles. The molecule has 130 valence electrons. The normalized spacial score (nSPS) is 21.4. The number of fused-ring (bicyclic) bond motifs is 1. The summed E-state index contributed by atoms with van der Waals surface area (Å²) >= 11 is 0. The average molecular weight is 331 g/mol. The molecule has 6 heteroatoms. The summed E-state index contributed by atoms with van der Waals surface area (Å²) in [5.74, 6) is 0.487. The molecule has 0 bridgehead atoms. The number of piperidine rings is 1. The van der Waals surface area contributed by atoms with Crippen LogP contribution in [0.3, 0.4) is 0 Å². The Bertz CT molecular complexity index is 723. The second-order valence-electron chi connectivity index (χ2n) is 6.81. The van der Waals surface area contributed by atoms with Crippen LogP contribution in [0.1, 0.15) is 48.8 Å². The molecule has 24 heavy (non-hydrogen) atoms. The first-order valence-corrected chi connectivity index (χ1v) is 8.60. The standard InChI is InChI=1S/C18H25N3O3/c1-2-6-18(12-23)7-3-8-21(11-18)17(24)13-4-5-14-15(9-13)20-16(10-22)19-14/h4-5,9,22-23H,2-3,6-8,10-12H2,1H3,(H,19,20)/t18-/m1/s1. The van der Waals surface area contributed by atoms with Crippen LogP contribution in [0.25, 0.3) is 11.0 Å². The lowest BCUT2D eigenvalue weighted by Crippen LogP contribution is -2.47. The van der Waals surface area contributed by atoms with Gasteiger partial charge in [0.25, 0.3) is 5.91 Å². The van der Waals surface area contributed by atoms with Crippen molar-refractivity contribution in [2.24, 2.45) is 5.41 Å². The number of hydrogen-bond acceptors (Lipinski definition) is 4. The van der Waals surface area contributed by atoms with E-state index < -0.39 is 0 Å². The Hall–Kier alpha value is -1.92. The minimum absolute atomic E-state index is 0.00863. The van der Waals surface area contributed by atoms with Crippen molar-refractivity contribution in [2.75, 3.05) is 19.7 Å². The van der Waals surface area contributed by atoms with Crippen molar-refractivity contribution in [3.05, 3.63) is 29.6 Å². The first kappa shape index (κ1) is 16.9. The third-order valence-corrected chi connectivity index (χ3v) is 4.99. The number of carbonyl (C=O) groups is 1. The SMILES string of the molecule is CCC[C@@]1(CO)CCCN(C(=O)c2ccc3nc(CO)[nH]c3c2)C1. The van der Waals surface area contributed by atoms with Gasteiger partial charge in [-0.3, -0.25) is 4.79 Å². The van der Waals surface area contributed by atoms with E-state index in [4.69, 9.17) is 5.11 Å². The van der Waals surface area contributed by atoms with Gasteiger partial charge in [0.15, 0.2) is 0 Å². The van der Waals surface area contributed by atoms with E-state index in [1.807, 2.05) is 4.90 Å². The number of imidazole rings is 1. The Labute approximate surface area is 141 Å². The van der Waals surface area contributed by atoms with E-state index in [0.29, 0.717) is 17.9 Å². The maximum atomic E-state index is 12.9. The smallest absolute Gasteiger partial charge is 0.253 e. The van der Waals surface area contributed by atoms with Crippen molar-refractivity contribution in [3.63, 3.8) is 0 Å². The number of aliphatic hydroxyl groups is 2. The lowest BCUT2D eigenvalue weighted by molar-refractivity contribution is 0.0222. The molecule has 2 heterocycles. The van der Waals surface area contributed by atoms with Crippen LogP contribution >= 0.6 is 0 Å². The van der Waals surface area contributed by atoms with E-state index in [9.17, 15) is 9.90 Å². The molecular formula is C18H25N3O3. The van der Waals surface area contributed by atoms with Gasteiger partial charge in [-0.25, -0.2) is 4.98 Å². The molecule has 0 radical (unpaired) electrons. The van der Waals surface area contributed by atoms with Gasteiger partial charge in [0.2, 0.25) is 0 Å². The quantitative estimate of drug-likeness (QED) is 0.782. The van der Waals surface area contributed by atoms with Crippen molar-refractivity contribution in [3.8, 4) is 0 Å². The third kappa shape index (κ3) is 3.16. The Morgan fingerprint density at radius 3 is 2.96 bits per heavy atom. The molecule has 1 saturated heterocycles. The van der Waals surface area contributed by atoms with Gasteiger partial charge < -0.3 is 20.1 Å². The van der Waals surface area contributed by atoms with E-state index in [-0.39, 0.29) is 24.5 Å². The number of aliphatic hydroxyl groups excluding tert-OH is 2. The molecule has 0 saturated carbocycles. The zero-order valence-corrected chi connectivity index (χ0v) is 14.1. The fourth-order valence-corrected chi connectivity index (χ4v) is 3.78. The zero-order valence-electron chi connectivity index (χ0n) is 14.1. The van der Waals surface area contributed by atoms with Crippen LogP contribution in [0.15, 0.2) is 18.2 Å². The van der Waals surface area contributed by atoms with Gasteiger partial charge in [-0.2, -0.15) is 0 Å². The zero-order chi connectivity index (χ0) is 17.2. The fourth-order valence-electron chi connectivity index (χ4n) is 3.78. The fraction of sp³-hybridized carbons (Fsp3) is 0.556. The monoisotopic (exact) mass is 331 g/mol. The predicted octanol–water partition coefficient (Wildman–Crippen LogP) is 2.07. The number of hydrogen-bond donors (Lipinski definition) is 3. The maximum absolute atomic E-state index is 12.9. The number of nitrogens with zero attached hydrogens (tertiary/aromatic N) is 2. The summed E-state index contributed by atoms with van der Waals surface area (Å²) in [4.78, 5) is 22.0. The molecule has 1 aromatic heterocycles. The molecule has 1 aliphatic heterocycles. The number of H-pyrrole nitrogens is 1. The van der Waals surface area contributed by atoms with E-state index >= 15 is 0 Å². The molecule has 3 rings (SSSR count). The summed E-state index contributed by atoms with van der Waals surface area (Å²) in [5.41, 5.74) is 1.94. The van der Waals surface area contributed by atoms with Crippen molar-refractivity contribution >= 4 is 16.9 Å². The Morgan fingerprint density at radius 2 is 2.25 bits per heavy atom. The molecular weight excluding hydrogens is 306 g/mol. The largest absolute Gasteiger partial charge is 0.396 e. The molecule has 1 aliphatic rings. The highest BCUT2D eigenvalue weighted by Crippen LogP contribution is 2.34. The molecule has 2 aromatic rings. The number of amides is 1. The Balaban J connectivity index is 1.82. The highest BCUT2D eigenvalue weighted by Gasteiger charge is 2.36. The molecule has 1 amide bonds. The highest BCUT2D eigenvalue weighted by molar-refractivity contribution is 5.97. The summed E-state index contributed by atoms with van der Waals surface area (Å²) in [6.07, 6.45) is 3.84. The topological polar surface area (TPSA) is 89.4 Å². The average Bonchev–Trinajstić information content (AvgIpc) is 3.04. The molecule has 6 nitrogen and oxygen atoms in total. The van der Waals surface area contributed by atoms with Crippen LogP contribution < -0.4 is 0 Å². The Kier molecular flexibility index (Phi) is 4.87. The lowest BCUT2D eigenvalue weighted by Gasteiger charge is -2.42. The minimum Gasteiger partial charge on any atom is -0.396 e. The number of nitrogens with one attached hydrogen (secondary N) is 1.